The van der Waals surface area contributed by atoms with Crippen LogP contribution in [-0.2, 0) is 19.4 Å². The van der Waals surface area contributed by atoms with Crippen molar-refractivity contribution < 1.29 is 17.9 Å². The third-order valence-corrected chi connectivity index (χ3v) is 4.70. The Kier molecular flexibility index (Phi) is 6.04. The van der Waals surface area contributed by atoms with E-state index in [0.29, 0.717) is 32.7 Å². The summed E-state index contributed by atoms with van der Waals surface area (Å²) in [7, 11) is -1.11. The number of ether oxygens (including phenoxy) is 1. The van der Waals surface area contributed by atoms with Crippen LogP contribution in [0, 0.1) is 0 Å². The Bertz CT molecular complexity index is 355. The Labute approximate surface area is 109 Å². The van der Waals surface area contributed by atoms with E-state index in [2.05, 4.69) is 10.2 Å². The van der Waals surface area contributed by atoms with Crippen LogP contribution in [0.2, 0.25) is 0 Å². The summed E-state index contributed by atoms with van der Waals surface area (Å²) in [6.07, 6.45) is 0.634. The van der Waals surface area contributed by atoms with Crippen LogP contribution in [-0.4, -0.2) is 70.1 Å². The molecule has 1 atom stereocenters. The maximum absolute atomic E-state index is 11.6. The van der Waals surface area contributed by atoms with Crippen LogP contribution in [0.3, 0.4) is 0 Å². The van der Waals surface area contributed by atoms with Gasteiger partial charge in [-0.3, -0.25) is 4.79 Å². The highest BCUT2D eigenvalue weighted by atomic mass is 32.2. The fraction of sp³-hybridized carbons (Fsp3) is 0.909. The molecular formula is C11H22N2O4S. The van der Waals surface area contributed by atoms with Crippen LogP contribution in [0.25, 0.3) is 0 Å². The van der Waals surface area contributed by atoms with E-state index < -0.39 is 9.84 Å². The summed E-state index contributed by atoms with van der Waals surface area (Å²) < 4.78 is 27.5. The highest BCUT2D eigenvalue weighted by Crippen LogP contribution is 2.06. The number of likely N-dealkylation sites (N-methyl/N-ethyl adjacent to an activating group) is 1. The van der Waals surface area contributed by atoms with Crippen LogP contribution < -0.4 is 5.32 Å². The highest BCUT2D eigenvalue weighted by molar-refractivity contribution is 7.91. The number of nitrogens with one attached hydrogen (secondary N) is 1. The summed E-state index contributed by atoms with van der Waals surface area (Å²) in [5.74, 6) is 0.192. The van der Waals surface area contributed by atoms with Gasteiger partial charge in [0.05, 0.1) is 18.1 Å². The fourth-order valence-corrected chi connectivity index (χ4v) is 3.19. The van der Waals surface area contributed by atoms with Crippen molar-refractivity contribution in [3.05, 3.63) is 0 Å². The molecule has 106 valence electrons. The number of nitrogens with zero attached hydrogens (tertiary/aromatic N) is 1. The topological polar surface area (TPSA) is 75.7 Å². The number of hydrogen-bond donors (Lipinski definition) is 1. The van der Waals surface area contributed by atoms with E-state index in [1.165, 1.54) is 0 Å². The van der Waals surface area contributed by atoms with Gasteiger partial charge in [-0.05, 0) is 20.4 Å². The molecule has 0 aromatic rings. The van der Waals surface area contributed by atoms with Gasteiger partial charge in [-0.1, -0.05) is 0 Å². The normalized spacial score (nSPS) is 21.4. The fourth-order valence-electron chi connectivity index (χ4n) is 1.91. The maximum Gasteiger partial charge on any atom is 0.323 e. The second-order valence-electron chi connectivity index (χ2n) is 4.38. The first kappa shape index (κ1) is 15.4. The van der Waals surface area contributed by atoms with Gasteiger partial charge >= 0.3 is 5.97 Å². The smallest absolute Gasteiger partial charge is 0.323 e. The van der Waals surface area contributed by atoms with Gasteiger partial charge in [0, 0.05) is 19.6 Å². The zero-order chi connectivity index (χ0) is 13.6. The third kappa shape index (κ3) is 4.91. The summed E-state index contributed by atoms with van der Waals surface area (Å²) >= 11 is 0. The van der Waals surface area contributed by atoms with Crippen LogP contribution >= 0.6 is 0 Å². The van der Waals surface area contributed by atoms with Gasteiger partial charge in [-0.2, -0.15) is 0 Å². The molecule has 1 N–H and O–H groups in total. The number of carbonyl (C=O) groups excluding carboxylic acids is 1. The molecule has 1 rings (SSSR count). The Hall–Kier alpha value is -0.660. The summed E-state index contributed by atoms with van der Waals surface area (Å²) in [6, 6.07) is -0.316. The molecule has 1 aliphatic heterocycles. The molecule has 1 heterocycles. The van der Waals surface area contributed by atoms with Crippen LogP contribution in [0.4, 0.5) is 0 Å². The highest BCUT2D eigenvalue weighted by Gasteiger charge is 2.23. The second kappa shape index (κ2) is 7.06. The van der Waals surface area contributed by atoms with Crippen LogP contribution in [0.15, 0.2) is 0 Å². The van der Waals surface area contributed by atoms with E-state index in [4.69, 9.17) is 4.74 Å². The minimum Gasteiger partial charge on any atom is -0.465 e. The first-order valence-corrected chi connectivity index (χ1v) is 8.07. The second-order valence-corrected chi connectivity index (χ2v) is 6.68. The molecule has 1 saturated heterocycles. The van der Waals surface area contributed by atoms with Gasteiger partial charge in [0.1, 0.15) is 6.04 Å². The molecule has 0 bridgehead atoms. The van der Waals surface area contributed by atoms with Crippen molar-refractivity contribution in [1.82, 2.24) is 10.2 Å². The van der Waals surface area contributed by atoms with Gasteiger partial charge in [-0.25, -0.2) is 8.42 Å². The summed E-state index contributed by atoms with van der Waals surface area (Å²) in [6.45, 7) is 3.97. The van der Waals surface area contributed by atoms with E-state index in [9.17, 15) is 13.2 Å². The van der Waals surface area contributed by atoms with Crippen molar-refractivity contribution in [1.29, 1.82) is 0 Å². The lowest BCUT2D eigenvalue weighted by atomic mass is 10.2. The van der Waals surface area contributed by atoms with E-state index >= 15 is 0 Å². The van der Waals surface area contributed by atoms with Crippen molar-refractivity contribution in [2.45, 2.75) is 19.4 Å². The summed E-state index contributed by atoms with van der Waals surface area (Å²) in [4.78, 5) is 13.6. The van der Waals surface area contributed by atoms with Gasteiger partial charge in [0.15, 0.2) is 9.84 Å². The number of hydrogen-bond acceptors (Lipinski definition) is 6. The van der Waals surface area contributed by atoms with Crippen molar-refractivity contribution >= 4 is 15.8 Å². The molecule has 0 aromatic carbocycles. The molecular weight excluding hydrogens is 256 g/mol. The lowest BCUT2D eigenvalue weighted by Crippen LogP contribution is -2.44. The molecule has 1 fully saturated rings. The van der Waals surface area contributed by atoms with Gasteiger partial charge in [0.2, 0.25) is 0 Å². The minimum atomic E-state index is -2.83. The van der Waals surface area contributed by atoms with Crippen molar-refractivity contribution in [3.63, 3.8) is 0 Å². The Morgan fingerprint density at radius 3 is 2.50 bits per heavy atom. The van der Waals surface area contributed by atoms with Gasteiger partial charge < -0.3 is 15.0 Å². The molecule has 7 heteroatoms. The maximum atomic E-state index is 11.6. The average molecular weight is 278 g/mol. The zero-order valence-electron chi connectivity index (χ0n) is 11.0. The molecule has 0 saturated carbocycles. The predicted molar refractivity (Wildman–Crippen MR) is 69.2 cm³/mol. The SMILES string of the molecule is CCOC(=O)C(CCN1CCS(=O)(=O)CC1)NC. The number of esters is 1. The molecule has 1 aliphatic rings. The van der Waals surface area contributed by atoms with Crippen molar-refractivity contribution in [3.8, 4) is 0 Å². The first-order valence-electron chi connectivity index (χ1n) is 6.25. The Balaban J connectivity index is 2.33. The summed E-state index contributed by atoms with van der Waals surface area (Å²) in [5, 5.41) is 2.92. The lowest BCUT2D eigenvalue weighted by molar-refractivity contribution is -0.145. The molecule has 18 heavy (non-hydrogen) atoms. The zero-order valence-corrected chi connectivity index (χ0v) is 11.8. The average Bonchev–Trinajstić information content (AvgIpc) is 2.32. The molecule has 0 radical (unpaired) electrons. The van der Waals surface area contributed by atoms with E-state index in [0.717, 1.165) is 0 Å². The molecule has 0 aromatic heterocycles. The molecule has 6 nitrogen and oxygen atoms in total. The first-order chi connectivity index (χ1) is 8.48. The molecule has 0 amide bonds. The quantitative estimate of drug-likeness (QED) is 0.645. The monoisotopic (exact) mass is 278 g/mol. The van der Waals surface area contributed by atoms with Crippen LogP contribution in [0.5, 0.6) is 0 Å². The summed E-state index contributed by atoms with van der Waals surface area (Å²) in [5.41, 5.74) is 0. The van der Waals surface area contributed by atoms with E-state index in [1.54, 1.807) is 14.0 Å². The molecule has 0 spiro atoms. The van der Waals surface area contributed by atoms with Crippen molar-refractivity contribution in [2.24, 2.45) is 0 Å². The van der Waals surface area contributed by atoms with Gasteiger partial charge in [-0.15, -0.1) is 0 Å². The standard InChI is InChI=1S/C11H22N2O4S/c1-3-17-11(14)10(12-2)4-5-13-6-8-18(15,16)9-7-13/h10,12H,3-9H2,1-2H3. The number of carbonyl (C=O) groups is 1. The third-order valence-electron chi connectivity index (χ3n) is 3.09. The minimum absolute atomic E-state index is 0.219. The van der Waals surface area contributed by atoms with Crippen molar-refractivity contribution in [2.75, 3.05) is 44.8 Å². The molecule has 0 aliphatic carbocycles. The number of sulfone groups is 1. The largest absolute Gasteiger partial charge is 0.465 e. The number of rotatable bonds is 6. The van der Waals surface area contributed by atoms with E-state index in [1.807, 2.05) is 0 Å². The van der Waals surface area contributed by atoms with E-state index in [-0.39, 0.29) is 23.5 Å². The lowest BCUT2D eigenvalue weighted by Gasteiger charge is -2.27. The Morgan fingerprint density at radius 2 is 2.00 bits per heavy atom. The van der Waals surface area contributed by atoms with Gasteiger partial charge in [0.25, 0.3) is 0 Å². The van der Waals surface area contributed by atoms with Crippen LogP contribution in [0.1, 0.15) is 13.3 Å². The molecule has 1 unspecified atom stereocenters. The Morgan fingerprint density at radius 1 is 1.39 bits per heavy atom. The predicted octanol–water partition coefficient (Wildman–Crippen LogP) is -0.742.